The highest BCUT2D eigenvalue weighted by Crippen LogP contribution is 2.25. The normalized spacial score (nSPS) is 11.0. The Morgan fingerprint density at radius 3 is 2.50 bits per heavy atom. The summed E-state index contributed by atoms with van der Waals surface area (Å²) in [6.45, 7) is 2.77. The Labute approximate surface area is 109 Å². The lowest BCUT2D eigenvalue weighted by atomic mass is 9.96. The highest BCUT2D eigenvalue weighted by atomic mass is 14.5. The summed E-state index contributed by atoms with van der Waals surface area (Å²) in [7, 11) is 0. The van der Waals surface area contributed by atoms with Gasteiger partial charge in [0.15, 0.2) is 0 Å². The van der Waals surface area contributed by atoms with Gasteiger partial charge in [0.1, 0.15) is 0 Å². The third kappa shape index (κ3) is 2.88. The van der Waals surface area contributed by atoms with E-state index in [4.69, 9.17) is 5.73 Å². The average molecular weight is 237 g/mol. The van der Waals surface area contributed by atoms with E-state index in [0.29, 0.717) is 6.54 Å². The highest BCUT2D eigenvalue weighted by Gasteiger charge is 2.03. The molecule has 0 saturated heterocycles. The van der Waals surface area contributed by atoms with Gasteiger partial charge < -0.3 is 5.73 Å². The maximum absolute atomic E-state index is 5.49. The largest absolute Gasteiger partial charge is 0.327 e. The molecule has 0 aliphatic carbocycles. The lowest BCUT2D eigenvalue weighted by Crippen LogP contribution is -1.92. The van der Waals surface area contributed by atoms with Crippen LogP contribution in [0.1, 0.15) is 18.1 Å². The van der Waals surface area contributed by atoms with Crippen molar-refractivity contribution in [2.75, 3.05) is 6.54 Å². The third-order valence-corrected chi connectivity index (χ3v) is 3.05. The molecule has 0 amide bonds. The smallest absolute Gasteiger partial charge is 0.0110 e. The molecular weight excluding hydrogens is 218 g/mol. The van der Waals surface area contributed by atoms with Gasteiger partial charge in [0, 0.05) is 6.54 Å². The summed E-state index contributed by atoms with van der Waals surface area (Å²) in [5, 5.41) is 0. The molecule has 2 rings (SSSR count). The highest BCUT2D eigenvalue weighted by molar-refractivity contribution is 5.71. The van der Waals surface area contributed by atoms with E-state index in [9.17, 15) is 0 Å². The van der Waals surface area contributed by atoms with Crippen LogP contribution in [-0.2, 0) is 6.42 Å². The second-order valence-corrected chi connectivity index (χ2v) is 4.27. The van der Waals surface area contributed by atoms with Crippen LogP contribution in [0.2, 0.25) is 0 Å². The van der Waals surface area contributed by atoms with Gasteiger partial charge in [-0.2, -0.15) is 0 Å². The zero-order valence-electron chi connectivity index (χ0n) is 10.8. The molecule has 92 valence electrons. The zero-order valence-corrected chi connectivity index (χ0v) is 10.8. The molecule has 0 aromatic heterocycles. The zero-order chi connectivity index (χ0) is 12.8. The molecule has 0 heterocycles. The van der Waals surface area contributed by atoms with Gasteiger partial charge in [-0.1, -0.05) is 61.5 Å². The molecule has 2 N–H and O–H groups in total. The Balaban J connectivity index is 2.46. The summed E-state index contributed by atoms with van der Waals surface area (Å²) in [6.07, 6.45) is 5.10. The molecule has 0 aliphatic rings. The lowest BCUT2D eigenvalue weighted by molar-refractivity contribution is 1.14. The first-order valence-corrected chi connectivity index (χ1v) is 6.40. The van der Waals surface area contributed by atoms with Gasteiger partial charge in [0.05, 0.1) is 0 Å². The number of benzene rings is 2. The molecular formula is C17H19N. The first-order chi connectivity index (χ1) is 8.85. The van der Waals surface area contributed by atoms with E-state index in [1.54, 1.807) is 0 Å². The molecule has 0 bridgehead atoms. The number of nitrogens with two attached hydrogens (primary N) is 1. The number of rotatable bonds is 4. The van der Waals surface area contributed by atoms with Crippen molar-refractivity contribution in [3.63, 3.8) is 0 Å². The van der Waals surface area contributed by atoms with Gasteiger partial charge in [-0.3, -0.25) is 0 Å². The van der Waals surface area contributed by atoms with Crippen molar-refractivity contribution in [1.29, 1.82) is 0 Å². The Bertz CT molecular complexity index is 527. The monoisotopic (exact) mass is 237 g/mol. The van der Waals surface area contributed by atoms with Crippen LogP contribution in [0.5, 0.6) is 0 Å². The molecule has 2 aromatic carbocycles. The van der Waals surface area contributed by atoms with Crippen molar-refractivity contribution in [2.45, 2.75) is 13.3 Å². The summed E-state index contributed by atoms with van der Waals surface area (Å²) >= 11 is 0. The minimum atomic E-state index is 0.580. The molecule has 2 aromatic rings. The minimum Gasteiger partial charge on any atom is -0.327 e. The first kappa shape index (κ1) is 12.6. The van der Waals surface area contributed by atoms with Crippen molar-refractivity contribution in [3.05, 3.63) is 65.7 Å². The average Bonchev–Trinajstić information content (AvgIpc) is 2.45. The van der Waals surface area contributed by atoms with Gasteiger partial charge in [-0.05, 0) is 34.7 Å². The van der Waals surface area contributed by atoms with Gasteiger partial charge >= 0.3 is 0 Å². The molecule has 1 nitrogen and oxygen atoms in total. The van der Waals surface area contributed by atoms with Gasteiger partial charge in [0.2, 0.25) is 0 Å². The molecule has 0 spiro atoms. The first-order valence-electron chi connectivity index (χ1n) is 6.40. The minimum absolute atomic E-state index is 0.580. The Kier molecular flexibility index (Phi) is 4.32. The lowest BCUT2D eigenvalue weighted by Gasteiger charge is -2.09. The predicted molar refractivity (Wildman–Crippen MR) is 79.3 cm³/mol. The molecule has 0 saturated carbocycles. The van der Waals surface area contributed by atoms with E-state index in [0.717, 1.165) is 6.42 Å². The van der Waals surface area contributed by atoms with E-state index in [1.165, 1.54) is 22.3 Å². The Morgan fingerprint density at radius 1 is 1.06 bits per heavy atom. The van der Waals surface area contributed by atoms with Crippen LogP contribution in [0.4, 0.5) is 0 Å². The molecule has 0 fully saturated rings. The van der Waals surface area contributed by atoms with Crippen molar-refractivity contribution in [2.24, 2.45) is 5.73 Å². The summed E-state index contributed by atoms with van der Waals surface area (Å²) < 4.78 is 0. The van der Waals surface area contributed by atoms with Crippen molar-refractivity contribution >= 4 is 6.08 Å². The molecule has 18 heavy (non-hydrogen) atoms. The Morgan fingerprint density at radius 2 is 1.83 bits per heavy atom. The number of aryl methyl sites for hydroxylation is 1. The quantitative estimate of drug-likeness (QED) is 0.857. The molecule has 0 aliphatic heterocycles. The fourth-order valence-electron chi connectivity index (χ4n) is 2.10. The van der Waals surface area contributed by atoms with Crippen molar-refractivity contribution in [3.8, 4) is 11.1 Å². The molecule has 0 unspecified atom stereocenters. The van der Waals surface area contributed by atoms with Crippen LogP contribution in [0.3, 0.4) is 0 Å². The van der Waals surface area contributed by atoms with Crippen LogP contribution in [-0.4, -0.2) is 6.54 Å². The van der Waals surface area contributed by atoms with Gasteiger partial charge in [-0.25, -0.2) is 0 Å². The fourth-order valence-corrected chi connectivity index (χ4v) is 2.10. The van der Waals surface area contributed by atoms with Gasteiger partial charge in [0.25, 0.3) is 0 Å². The van der Waals surface area contributed by atoms with E-state index in [1.807, 2.05) is 12.1 Å². The second kappa shape index (κ2) is 6.18. The summed E-state index contributed by atoms with van der Waals surface area (Å²) in [4.78, 5) is 0. The van der Waals surface area contributed by atoms with Crippen molar-refractivity contribution < 1.29 is 0 Å². The number of hydrogen-bond donors (Lipinski definition) is 1. The van der Waals surface area contributed by atoms with Crippen LogP contribution in [0, 0.1) is 0 Å². The van der Waals surface area contributed by atoms with E-state index < -0.39 is 0 Å². The summed E-state index contributed by atoms with van der Waals surface area (Å²) in [5.41, 5.74) is 10.7. The van der Waals surface area contributed by atoms with Crippen LogP contribution >= 0.6 is 0 Å². The number of hydrogen-bond acceptors (Lipinski definition) is 1. The van der Waals surface area contributed by atoms with E-state index >= 15 is 0 Å². The van der Waals surface area contributed by atoms with Crippen LogP contribution in [0.15, 0.2) is 54.6 Å². The summed E-state index contributed by atoms with van der Waals surface area (Å²) in [5.74, 6) is 0. The Hall–Kier alpha value is -1.86. The SMILES string of the molecule is CCc1ccc(/C=C/CN)cc1-c1ccccc1. The summed E-state index contributed by atoms with van der Waals surface area (Å²) in [6, 6.07) is 17.1. The third-order valence-electron chi connectivity index (χ3n) is 3.05. The predicted octanol–water partition coefficient (Wildman–Crippen LogP) is 3.89. The maximum atomic E-state index is 5.49. The van der Waals surface area contributed by atoms with Crippen LogP contribution < -0.4 is 5.73 Å². The molecule has 0 atom stereocenters. The van der Waals surface area contributed by atoms with E-state index in [-0.39, 0.29) is 0 Å². The van der Waals surface area contributed by atoms with E-state index in [2.05, 4.69) is 55.5 Å². The second-order valence-electron chi connectivity index (χ2n) is 4.27. The van der Waals surface area contributed by atoms with Crippen LogP contribution in [0.25, 0.3) is 17.2 Å². The fraction of sp³-hybridized carbons (Fsp3) is 0.176. The molecule has 0 radical (unpaired) electrons. The molecule has 1 heteroatoms. The maximum Gasteiger partial charge on any atom is 0.0110 e. The van der Waals surface area contributed by atoms with Gasteiger partial charge in [-0.15, -0.1) is 0 Å². The topological polar surface area (TPSA) is 26.0 Å². The van der Waals surface area contributed by atoms with Crippen molar-refractivity contribution in [1.82, 2.24) is 0 Å². The standard InChI is InChI=1S/C17H19N/c1-2-15-11-10-14(7-6-12-18)13-17(15)16-8-4-3-5-9-16/h3-11,13H,2,12,18H2,1H3/b7-6+.